The van der Waals surface area contributed by atoms with E-state index in [-0.39, 0.29) is 11.6 Å². The maximum absolute atomic E-state index is 13.5. The number of carbonyl (C=O) groups is 1. The second kappa shape index (κ2) is 5.71. The maximum Gasteiger partial charge on any atom is 0.234 e. The molecule has 2 rings (SSSR count). The van der Waals surface area contributed by atoms with Crippen molar-refractivity contribution in [3.63, 3.8) is 0 Å². The lowest BCUT2D eigenvalue weighted by Gasteiger charge is -2.24. The molecule has 104 valence electrons. The summed E-state index contributed by atoms with van der Waals surface area (Å²) < 4.78 is 14.5. The molecule has 0 bridgehead atoms. The molecule has 20 heavy (non-hydrogen) atoms. The van der Waals surface area contributed by atoms with Gasteiger partial charge in [-0.2, -0.15) is 0 Å². The average molecular weight is 337 g/mol. The predicted molar refractivity (Wildman–Crippen MR) is 80.0 cm³/mol. The molecule has 1 amide bonds. The van der Waals surface area contributed by atoms with Crippen LogP contribution in [0.5, 0.6) is 0 Å². The van der Waals surface area contributed by atoms with Gasteiger partial charge in [0.05, 0.1) is 17.3 Å². The van der Waals surface area contributed by atoms with Crippen LogP contribution in [0.25, 0.3) is 0 Å². The molecule has 0 atom stereocenters. The van der Waals surface area contributed by atoms with Crippen LogP contribution in [0.3, 0.4) is 0 Å². The van der Waals surface area contributed by atoms with Gasteiger partial charge in [0.2, 0.25) is 5.91 Å². The number of amides is 1. The second-order valence-electron chi connectivity index (χ2n) is 4.94. The van der Waals surface area contributed by atoms with Gasteiger partial charge in [0, 0.05) is 10.7 Å². The highest BCUT2D eigenvalue weighted by Crippen LogP contribution is 2.26. The van der Waals surface area contributed by atoms with Crippen molar-refractivity contribution in [3.05, 3.63) is 58.6 Å². The number of halogens is 2. The molecule has 0 aliphatic heterocycles. The van der Waals surface area contributed by atoms with Gasteiger partial charge in [-0.25, -0.2) is 4.39 Å². The highest BCUT2D eigenvalue weighted by molar-refractivity contribution is 9.10. The van der Waals surface area contributed by atoms with Gasteiger partial charge in [0.15, 0.2) is 5.82 Å². The van der Waals surface area contributed by atoms with Crippen LogP contribution in [0.1, 0.15) is 19.4 Å². The van der Waals surface area contributed by atoms with Crippen LogP contribution >= 0.6 is 15.9 Å². The van der Waals surface area contributed by atoms with E-state index < -0.39 is 11.2 Å². The summed E-state index contributed by atoms with van der Waals surface area (Å²) in [5.41, 5.74) is 0.221. The summed E-state index contributed by atoms with van der Waals surface area (Å²) in [6.07, 6.45) is 2.51. The molecule has 0 aliphatic rings. The predicted octanol–water partition coefficient (Wildman–Crippen LogP) is 3.90. The lowest BCUT2D eigenvalue weighted by atomic mass is 9.83. The highest BCUT2D eigenvalue weighted by Gasteiger charge is 2.30. The van der Waals surface area contributed by atoms with E-state index >= 15 is 0 Å². The first-order valence-electron chi connectivity index (χ1n) is 6.08. The Balaban J connectivity index is 2.23. The van der Waals surface area contributed by atoms with E-state index in [1.807, 2.05) is 24.3 Å². The molecule has 1 aromatic carbocycles. The first-order chi connectivity index (χ1) is 9.41. The monoisotopic (exact) mass is 336 g/mol. The van der Waals surface area contributed by atoms with Crippen LogP contribution in [0.4, 0.5) is 10.1 Å². The Morgan fingerprint density at radius 3 is 2.50 bits per heavy atom. The number of pyridine rings is 1. The molecule has 0 unspecified atom stereocenters. The van der Waals surface area contributed by atoms with E-state index in [0.29, 0.717) is 0 Å². The second-order valence-corrected chi connectivity index (χ2v) is 5.86. The molecule has 3 nitrogen and oxygen atoms in total. The Hall–Kier alpha value is -1.75. The Morgan fingerprint density at radius 2 is 1.90 bits per heavy atom. The summed E-state index contributed by atoms with van der Waals surface area (Å²) in [7, 11) is 0. The summed E-state index contributed by atoms with van der Waals surface area (Å²) >= 11 is 3.36. The summed E-state index contributed by atoms with van der Waals surface area (Å²) in [4.78, 5) is 16.0. The Morgan fingerprint density at radius 1 is 1.25 bits per heavy atom. The number of anilines is 1. The van der Waals surface area contributed by atoms with Gasteiger partial charge >= 0.3 is 0 Å². The molecule has 0 aliphatic carbocycles. The molecule has 0 spiro atoms. The molecular weight excluding hydrogens is 323 g/mol. The average Bonchev–Trinajstić information content (AvgIpc) is 2.41. The molecule has 5 heteroatoms. The van der Waals surface area contributed by atoms with Gasteiger partial charge in [0.25, 0.3) is 0 Å². The fourth-order valence-electron chi connectivity index (χ4n) is 1.75. The van der Waals surface area contributed by atoms with Crippen LogP contribution in [0, 0.1) is 5.82 Å². The quantitative estimate of drug-likeness (QED) is 0.923. The minimum atomic E-state index is -0.767. The zero-order valence-corrected chi connectivity index (χ0v) is 12.7. The summed E-state index contributed by atoms with van der Waals surface area (Å²) in [6.45, 7) is 3.59. The van der Waals surface area contributed by atoms with Crippen LogP contribution in [0.15, 0.2) is 47.2 Å². The minimum Gasteiger partial charge on any atom is -0.323 e. The van der Waals surface area contributed by atoms with Crippen molar-refractivity contribution in [1.82, 2.24) is 4.98 Å². The Kier molecular flexibility index (Phi) is 4.18. The highest BCUT2D eigenvalue weighted by atomic mass is 79.9. The number of hydrogen-bond donors (Lipinski definition) is 1. The van der Waals surface area contributed by atoms with E-state index in [0.717, 1.165) is 16.2 Å². The fourth-order valence-corrected chi connectivity index (χ4v) is 2.02. The molecule has 0 radical (unpaired) electrons. The zero-order chi connectivity index (χ0) is 14.8. The number of aromatic nitrogens is 1. The maximum atomic E-state index is 13.5. The van der Waals surface area contributed by atoms with Crippen LogP contribution in [-0.4, -0.2) is 10.9 Å². The SMILES string of the molecule is CC(C)(C(=O)Nc1ccncc1F)c1ccc(Br)cc1. The first kappa shape index (κ1) is 14.7. The van der Waals surface area contributed by atoms with Crippen molar-refractivity contribution in [2.75, 3.05) is 5.32 Å². The zero-order valence-electron chi connectivity index (χ0n) is 11.2. The van der Waals surface area contributed by atoms with Crippen LogP contribution in [0.2, 0.25) is 0 Å². The normalized spacial score (nSPS) is 11.2. The van der Waals surface area contributed by atoms with Crippen LogP contribution < -0.4 is 5.32 Å². The molecule has 1 N–H and O–H groups in total. The topological polar surface area (TPSA) is 42.0 Å². The Labute approximate surface area is 125 Å². The number of nitrogens with one attached hydrogen (secondary N) is 1. The lowest BCUT2D eigenvalue weighted by molar-refractivity contribution is -0.120. The lowest BCUT2D eigenvalue weighted by Crippen LogP contribution is -2.35. The van der Waals surface area contributed by atoms with Crippen molar-refractivity contribution in [1.29, 1.82) is 0 Å². The third-order valence-electron chi connectivity index (χ3n) is 3.15. The van der Waals surface area contributed by atoms with Crippen molar-refractivity contribution in [2.24, 2.45) is 0 Å². The van der Waals surface area contributed by atoms with Crippen molar-refractivity contribution < 1.29 is 9.18 Å². The summed E-state index contributed by atoms with van der Waals surface area (Å²) in [5.74, 6) is -0.822. The van der Waals surface area contributed by atoms with Crippen LogP contribution in [-0.2, 0) is 10.2 Å². The van der Waals surface area contributed by atoms with E-state index in [2.05, 4.69) is 26.2 Å². The summed E-state index contributed by atoms with van der Waals surface area (Å²) in [6, 6.07) is 8.92. The van der Waals surface area contributed by atoms with Gasteiger partial charge in [-0.1, -0.05) is 28.1 Å². The van der Waals surface area contributed by atoms with E-state index in [9.17, 15) is 9.18 Å². The molecule has 0 fully saturated rings. The molecule has 0 saturated carbocycles. The molecule has 0 saturated heterocycles. The number of benzene rings is 1. The summed E-state index contributed by atoms with van der Waals surface area (Å²) in [5, 5.41) is 2.60. The van der Waals surface area contributed by atoms with Gasteiger partial charge < -0.3 is 5.32 Å². The van der Waals surface area contributed by atoms with Gasteiger partial charge in [-0.15, -0.1) is 0 Å². The number of hydrogen-bond acceptors (Lipinski definition) is 2. The Bertz CT molecular complexity index is 626. The van der Waals surface area contributed by atoms with E-state index in [1.54, 1.807) is 13.8 Å². The largest absolute Gasteiger partial charge is 0.323 e. The number of carbonyl (C=O) groups excluding carboxylic acids is 1. The smallest absolute Gasteiger partial charge is 0.234 e. The van der Waals surface area contributed by atoms with Gasteiger partial charge in [-0.05, 0) is 37.6 Å². The van der Waals surface area contributed by atoms with Gasteiger partial charge in [0.1, 0.15) is 0 Å². The minimum absolute atomic E-state index is 0.134. The number of nitrogens with zero attached hydrogens (tertiary/aromatic N) is 1. The van der Waals surface area contributed by atoms with Crippen molar-refractivity contribution in [2.45, 2.75) is 19.3 Å². The van der Waals surface area contributed by atoms with Crippen molar-refractivity contribution in [3.8, 4) is 0 Å². The van der Waals surface area contributed by atoms with Gasteiger partial charge in [-0.3, -0.25) is 9.78 Å². The fraction of sp³-hybridized carbons (Fsp3) is 0.200. The molecule has 1 aromatic heterocycles. The van der Waals surface area contributed by atoms with Crippen molar-refractivity contribution >= 4 is 27.5 Å². The number of rotatable bonds is 3. The molecular formula is C15H14BrFN2O. The first-order valence-corrected chi connectivity index (χ1v) is 6.87. The third kappa shape index (κ3) is 3.04. The van der Waals surface area contributed by atoms with E-state index in [1.165, 1.54) is 12.3 Å². The standard InChI is InChI=1S/C15H14BrFN2O/c1-15(2,10-3-5-11(16)6-4-10)14(20)19-13-7-8-18-9-12(13)17/h3-9H,1-2H3,(H,18,19,20). The van der Waals surface area contributed by atoms with E-state index in [4.69, 9.17) is 0 Å². The molecule has 2 aromatic rings. The molecule has 1 heterocycles. The third-order valence-corrected chi connectivity index (χ3v) is 3.68.